The number of aliphatic imine (C=N–C) groups is 1. The molecule has 7 heteroatoms. The summed E-state index contributed by atoms with van der Waals surface area (Å²) in [6.45, 7) is 8.15. The zero-order valence-electron chi connectivity index (χ0n) is 17.3. The number of hydrogen-bond donors (Lipinski definition) is 3. The van der Waals surface area contributed by atoms with Crippen LogP contribution in [-0.2, 0) is 11.3 Å². The molecule has 0 aliphatic carbocycles. The number of ether oxygens (including phenoxy) is 1. The molecular formula is C21H37IN4O2. The molecular weight excluding hydrogens is 467 g/mol. The van der Waals surface area contributed by atoms with E-state index in [-0.39, 0.29) is 36.0 Å². The van der Waals surface area contributed by atoms with Crippen molar-refractivity contribution >= 4 is 29.9 Å². The third-order valence-electron chi connectivity index (χ3n) is 5.05. The molecule has 6 nitrogen and oxygen atoms in total. The first-order chi connectivity index (χ1) is 13.2. The Hall–Kier alpha value is -0.900. The van der Waals surface area contributed by atoms with Gasteiger partial charge in [-0.1, -0.05) is 30.3 Å². The van der Waals surface area contributed by atoms with Gasteiger partial charge in [0.25, 0.3) is 0 Å². The van der Waals surface area contributed by atoms with E-state index in [1.165, 1.54) is 5.56 Å². The summed E-state index contributed by atoms with van der Waals surface area (Å²) < 4.78 is 5.55. The van der Waals surface area contributed by atoms with Crippen LogP contribution in [0.25, 0.3) is 0 Å². The average molecular weight is 504 g/mol. The van der Waals surface area contributed by atoms with E-state index >= 15 is 0 Å². The van der Waals surface area contributed by atoms with Crippen molar-refractivity contribution in [2.45, 2.75) is 32.7 Å². The first-order valence-corrected chi connectivity index (χ1v) is 10.1. The number of halogens is 1. The molecule has 1 fully saturated rings. The summed E-state index contributed by atoms with van der Waals surface area (Å²) in [5.74, 6) is 0.854. The molecule has 1 unspecified atom stereocenters. The molecule has 1 atom stereocenters. The molecule has 0 spiro atoms. The van der Waals surface area contributed by atoms with Crippen molar-refractivity contribution in [3.05, 3.63) is 35.9 Å². The first kappa shape index (κ1) is 25.1. The van der Waals surface area contributed by atoms with E-state index in [1.54, 1.807) is 0 Å². The van der Waals surface area contributed by atoms with Crippen molar-refractivity contribution in [3.8, 4) is 0 Å². The lowest BCUT2D eigenvalue weighted by Gasteiger charge is -2.25. The van der Waals surface area contributed by atoms with Gasteiger partial charge in [0.05, 0.1) is 13.2 Å². The van der Waals surface area contributed by atoms with Crippen LogP contribution in [0.5, 0.6) is 0 Å². The average Bonchev–Trinajstić information content (AvgIpc) is 3.13. The van der Waals surface area contributed by atoms with Gasteiger partial charge in [0, 0.05) is 38.3 Å². The summed E-state index contributed by atoms with van der Waals surface area (Å²) in [4.78, 5) is 7.10. The zero-order chi connectivity index (χ0) is 19.4. The normalized spacial score (nSPS) is 19.5. The first-order valence-electron chi connectivity index (χ1n) is 10.1. The maximum absolute atomic E-state index is 9.35. The van der Waals surface area contributed by atoms with E-state index in [0.717, 1.165) is 58.0 Å². The minimum atomic E-state index is -0.00694. The van der Waals surface area contributed by atoms with Crippen LogP contribution in [0.1, 0.15) is 31.7 Å². The zero-order valence-corrected chi connectivity index (χ0v) is 19.7. The van der Waals surface area contributed by atoms with Crippen molar-refractivity contribution in [1.29, 1.82) is 0 Å². The third-order valence-corrected chi connectivity index (χ3v) is 5.05. The predicted molar refractivity (Wildman–Crippen MR) is 126 cm³/mol. The van der Waals surface area contributed by atoms with Crippen molar-refractivity contribution in [2.24, 2.45) is 10.4 Å². The van der Waals surface area contributed by atoms with Crippen LogP contribution < -0.4 is 10.6 Å². The van der Waals surface area contributed by atoms with Gasteiger partial charge in [0.1, 0.15) is 0 Å². The van der Waals surface area contributed by atoms with Crippen LogP contribution >= 0.6 is 24.0 Å². The summed E-state index contributed by atoms with van der Waals surface area (Å²) >= 11 is 0. The van der Waals surface area contributed by atoms with Crippen molar-refractivity contribution < 1.29 is 9.84 Å². The number of rotatable bonds is 11. The van der Waals surface area contributed by atoms with Crippen LogP contribution in [0.3, 0.4) is 0 Å². The Bertz CT molecular complexity index is 551. The van der Waals surface area contributed by atoms with Gasteiger partial charge in [-0.3, -0.25) is 4.99 Å². The number of benzene rings is 1. The number of guanidine groups is 1. The minimum absolute atomic E-state index is 0. The summed E-state index contributed by atoms with van der Waals surface area (Å²) in [6.07, 6.45) is 2.78. The van der Waals surface area contributed by atoms with Crippen molar-refractivity contribution in [1.82, 2.24) is 15.5 Å². The number of aliphatic hydroxyl groups is 1. The molecule has 160 valence electrons. The third kappa shape index (κ3) is 9.07. The highest BCUT2D eigenvalue weighted by Gasteiger charge is 2.34. The predicted octanol–water partition coefficient (Wildman–Crippen LogP) is 2.47. The second kappa shape index (κ2) is 14.1. The van der Waals surface area contributed by atoms with E-state index in [2.05, 4.69) is 59.8 Å². The second-order valence-corrected chi connectivity index (χ2v) is 7.48. The number of nitrogens with zero attached hydrogens (tertiary/aromatic N) is 2. The largest absolute Gasteiger partial charge is 0.396 e. The molecule has 0 radical (unpaired) electrons. The minimum Gasteiger partial charge on any atom is -0.396 e. The van der Waals surface area contributed by atoms with Gasteiger partial charge in [0.15, 0.2) is 5.96 Å². The highest BCUT2D eigenvalue weighted by Crippen LogP contribution is 2.32. The lowest BCUT2D eigenvalue weighted by molar-refractivity contribution is 0.131. The maximum atomic E-state index is 9.35. The molecule has 28 heavy (non-hydrogen) atoms. The molecule has 1 aromatic rings. The Kier molecular flexibility index (Phi) is 12.7. The maximum Gasteiger partial charge on any atom is 0.191 e. The van der Waals surface area contributed by atoms with Gasteiger partial charge < -0.3 is 25.4 Å². The summed E-state index contributed by atoms with van der Waals surface area (Å²) in [5, 5.41) is 16.1. The highest BCUT2D eigenvalue weighted by atomic mass is 127. The lowest BCUT2D eigenvalue weighted by atomic mass is 9.84. The Morgan fingerprint density at radius 1 is 1.29 bits per heavy atom. The van der Waals surface area contributed by atoms with Crippen LogP contribution in [-0.4, -0.2) is 69.0 Å². The fraction of sp³-hybridized carbons (Fsp3) is 0.667. The standard InChI is InChI=1S/C21H36N4O2.HI/c1-3-22-20(24-17-21(10-14-26)11-15-27-18-21)23-12-7-13-25(2)16-19-8-5-4-6-9-19;/h4-6,8-9,26H,3,7,10-18H2,1-2H3,(H2,22,23,24);1H. The molecule has 1 aromatic carbocycles. The molecule has 2 rings (SSSR count). The summed E-state index contributed by atoms with van der Waals surface area (Å²) in [5.41, 5.74) is 1.34. The number of hydrogen-bond acceptors (Lipinski definition) is 4. The summed E-state index contributed by atoms with van der Waals surface area (Å²) in [6, 6.07) is 10.6. The van der Waals surface area contributed by atoms with Crippen LogP contribution in [0, 0.1) is 5.41 Å². The molecule has 1 aliphatic rings. The van der Waals surface area contributed by atoms with Crippen LogP contribution in [0.4, 0.5) is 0 Å². The smallest absolute Gasteiger partial charge is 0.191 e. The van der Waals surface area contributed by atoms with Crippen LogP contribution in [0.15, 0.2) is 35.3 Å². The molecule has 1 heterocycles. The number of nitrogens with one attached hydrogen (secondary N) is 2. The number of aliphatic hydroxyl groups excluding tert-OH is 1. The van der Waals surface area contributed by atoms with E-state index < -0.39 is 0 Å². The van der Waals surface area contributed by atoms with Crippen molar-refractivity contribution in [3.63, 3.8) is 0 Å². The molecule has 1 aliphatic heterocycles. The molecule has 0 amide bonds. The topological polar surface area (TPSA) is 69.1 Å². The van der Waals surface area contributed by atoms with E-state index in [4.69, 9.17) is 9.73 Å². The van der Waals surface area contributed by atoms with E-state index in [9.17, 15) is 5.11 Å². The Morgan fingerprint density at radius 3 is 2.71 bits per heavy atom. The fourth-order valence-corrected chi connectivity index (χ4v) is 3.41. The Labute approximate surface area is 187 Å². The van der Waals surface area contributed by atoms with E-state index in [0.29, 0.717) is 13.2 Å². The van der Waals surface area contributed by atoms with Gasteiger partial charge in [-0.25, -0.2) is 0 Å². The van der Waals surface area contributed by atoms with Gasteiger partial charge >= 0.3 is 0 Å². The SMILES string of the molecule is CCNC(=NCC1(CCO)CCOC1)NCCCN(C)Cc1ccccc1.I. The van der Waals surface area contributed by atoms with Crippen molar-refractivity contribution in [2.75, 3.05) is 53.0 Å². The van der Waals surface area contributed by atoms with E-state index in [1.807, 2.05) is 0 Å². The van der Waals surface area contributed by atoms with Gasteiger partial charge in [-0.2, -0.15) is 0 Å². The molecule has 0 aromatic heterocycles. The molecule has 0 saturated carbocycles. The van der Waals surface area contributed by atoms with Gasteiger partial charge in [-0.15, -0.1) is 24.0 Å². The monoisotopic (exact) mass is 504 g/mol. The molecule has 3 N–H and O–H groups in total. The van der Waals surface area contributed by atoms with Gasteiger partial charge in [-0.05, 0) is 45.3 Å². The highest BCUT2D eigenvalue weighted by molar-refractivity contribution is 14.0. The quantitative estimate of drug-likeness (QED) is 0.187. The molecule has 0 bridgehead atoms. The molecule has 1 saturated heterocycles. The second-order valence-electron chi connectivity index (χ2n) is 7.48. The van der Waals surface area contributed by atoms with Gasteiger partial charge in [0.2, 0.25) is 0 Å². The summed E-state index contributed by atoms with van der Waals surface area (Å²) in [7, 11) is 2.16. The Balaban J connectivity index is 0.00000392. The van der Waals surface area contributed by atoms with Crippen LogP contribution in [0.2, 0.25) is 0 Å². The Morgan fingerprint density at radius 2 is 2.07 bits per heavy atom. The fourth-order valence-electron chi connectivity index (χ4n) is 3.41. The lowest BCUT2D eigenvalue weighted by Crippen LogP contribution is -2.40.